The number of aromatic nitrogens is 5. The van der Waals surface area contributed by atoms with Gasteiger partial charge in [-0.15, -0.1) is 10.2 Å². The Hall–Kier alpha value is -2.91. The molecule has 5 rings (SSSR count). The molecule has 2 aromatic heterocycles. The van der Waals surface area contributed by atoms with Gasteiger partial charge in [-0.25, -0.2) is 4.68 Å². The van der Waals surface area contributed by atoms with Crippen LogP contribution in [0.5, 0.6) is 0 Å². The molecule has 0 saturated heterocycles. The largest absolute Gasteiger partial charge is 0.392 e. The van der Waals surface area contributed by atoms with Crippen molar-refractivity contribution in [2.45, 2.75) is 44.7 Å². The summed E-state index contributed by atoms with van der Waals surface area (Å²) in [4.78, 5) is 33.8. The number of carbonyl (C=O) groups is 2. The number of nitrogens with zero attached hydrogens (tertiary/aromatic N) is 6. The number of fused-ring (bicyclic) bond motifs is 2. The van der Waals surface area contributed by atoms with E-state index in [0.717, 1.165) is 18.7 Å². The van der Waals surface area contributed by atoms with Crippen LogP contribution in [0.15, 0.2) is 12.3 Å². The molecule has 3 aliphatic rings. The van der Waals surface area contributed by atoms with Crippen LogP contribution in [0.25, 0.3) is 0 Å². The maximum absolute atomic E-state index is 12.8. The molecule has 2 aliphatic heterocycles. The average molecular weight is 371 g/mol. The summed E-state index contributed by atoms with van der Waals surface area (Å²) >= 11 is 0. The lowest BCUT2D eigenvalue weighted by Gasteiger charge is -2.20. The number of hydrogen-bond donors (Lipinski definition) is 1. The first-order valence-electron chi connectivity index (χ1n) is 9.24. The molecule has 0 radical (unpaired) electrons. The summed E-state index contributed by atoms with van der Waals surface area (Å²) in [6, 6.07) is 0.860. The smallest absolute Gasteiger partial charge is 0.274 e. The van der Waals surface area contributed by atoms with Gasteiger partial charge < -0.3 is 10.2 Å². The second-order valence-electron chi connectivity index (χ2n) is 7.71. The molecular formula is C17H21N7O3. The Morgan fingerprint density at radius 3 is 3.00 bits per heavy atom. The van der Waals surface area contributed by atoms with E-state index >= 15 is 0 Å². The van der Waals surface area contributed by atoms with Crippen LogP contribution in [0, 0.1) is 5.41 Å². The number of rotatable bonds is 2. The molecular weight excluding hydrogens is 350 g/mol. The van der Waals surface area contributed by atoms with E-state index < -0.39 is 6.04 Å². The van der Waals surface area contributed by atoms with Crippen LogP contribution in [-0.2, 0) is 17.8 Å². The van der Waals surface area contributed by atoms with E-state index in [2.05, 4.69) is 20.7 Å². The lowest BCUT2D eigenvalue weighted by atomic mass is 9.84. The third-order valence-electron chi connectivity index (χ3n) is 5.98. The number of anilines is 1. The van der Waals surface area contributed by atoms with Gasteiger partial charge in [0.1, 0.15) is 12.6 Å². The number of carbonyl (C=O) groups excluding carboxylic acids is 2. The van der Waals surface area contributed by atoms with E-state index in [1.54, 1.807) is 19.3 Å². The molecule has 1 aliphatic carbocycles. The van der Waals surface area contributed by atoms with Gasteiger partial charge >= 0.3 is 0 Å². The first-order valence-corrected chi connectivity index (χ1v) is 9.24. The fraction of sp³-hybridized carbons (Fsp3) is 0.588. The summed E-state index contributed by atoms with van der Waals surface area (Å²) in [5.74, 6) is -0.135. The van der Waals surface area contributed by atoms with Crippen molar-refractivity contribution in [1.29, 1.82) is 0 Å². The minimum absolute atomic E-state index is 0.00297. The number of nitrogens with one attached hydrogen (secondary N) is 1. The van der Waals surface area contributed by atoms with E-state index in [9.17, 15) is 9.59 Å². The van der Waals surface area contributed by atoms with Crippen molar-refractivity contribution in [3.63, 3.8) is 0 Å². The Bertz CT molecular complexity index is 912. The monoisotopic (exact) mass is 371 g/mol. The van der Waals surface area contributed by atoms with Gasteiger partial charge in [-0.2, -0.15) is 0 Å². The molecule has 1 saturated carbocycles. The summed E-state index contributed by atoms with van der Waals surface area (Å²) in [5, 5.41) is 15.0. The van der Waals surface area contributed by atoms with Crippen molar-refractivity contribution in [2.24, 2.45) is 5.41 Å². The van der Waals surface area contributed by atoms with E-state index in [1.165, 1.54) is 35.4 Å². The van der Waals surface area contributed by atoms with Crippen molar-refractivity contribution in [3.8, 4) is 0 Å². The Balaban J connectivity index is 1.34. The van der Waals surface area contributed by atoms with Crippen molar-refractivity contribution in [1.82, 2.24) is 30.3 Å². The van der Waals surface area contributed by atoms with Crippen molar-refractivity contribution in [2.75, 3.05) is 18.6 Å². The van der Waals surface area contributed by atoms with E-state index in [1.807, 2.05) is 4.68 Å². The highest BCUT2D eigenvalue weighted by atomic mass is 16.7. The van der Waals surface area contributed by atoms with Crippen molar-refractivity contribution >= 4 is 17.6 Å². The van der Waals surface area contributed by atoms with E-state index in [0.29, 0.717) is 11.5 Å². The normalized spacial score (nSPS) is 23.1. The van der Waals surface area contributed by atoms with E-state index in [4.69, 9.17) is 4.84 Å². The molecule has 10 heteroatoms. The average Bonchev–Trinajstić information content (AvgIpc) is 3.41. The predicted molar refractivity (Wildman–Crippen MR) is 93.0 cm³/mol. The number of hydrogen-bond acceptors (Lipinski definition) is 6. The number of likely N-dealkylation sites (N-methyl/N-ethyl adjacent to an activating group) is 1. The zero-order valence-electron chi connectivity index (χ0n) is 15.1. The summed E-state index contributed by atoms with van der Waals surface area (Å²) in [6.07, 6.45) is 7.18. The zero-order valence-corrected chi connectivity index (χ0v) is 15.1. The molecule has 0 aromatic carbocycles. The molecule has 1 fully saturated rings. The third-order valence-corrected chi connectivity index (χ3v) is 5.98. The minimum Gasteiger partial charge on any atom is -0.392 e. The summed E-state index contributed by atoms with van der Waals surface area (Å²) < 4.78 is 1.85. The maximum Gasteiger partial charge on any atom is 0.274 e. The Morgan fingerprint density at radius 1 is 1.37 bits per heavy atom. The van der Waals surface area contributed by atoms with Crippen LogP contribution in [0.1, 0.15) is 41.9 Å². The molecule has 1 atom stereocenters. The van der Waals surface area contributed by atoms with Gasteiger partial charge in [-0.1, -0.05) is 22.9 Å². The summed E-state index contributed by atoms with van der Waals surface area (Å²) in [6.45, 7) is 0.828. The molecule has 2 aromatic rings. The summed E-state index contributed by atoms with van der Waals surface area (Å²) in [5.41, 5.74) is 1.42. The molecule has 0 bridgehead atoms. The highest BCUT2D eigenvalue weighted by molar-refractivity contribution is 6.01. The topological polar surface area (TPSA) is 107 Å². The standard InChI is InChI=1S/C17H21N7O3/c1-22-13-4-7-18-24(13)27-9-11(16(22)26)19-15(25)14-12-8-17(5-2-3-6-17)10-23(12)21-20-14/h4,7,11H,2-3,5-6,8-10H2,1H3,(H,19,25)/t11-/m0/s1. The number of amides is 2. The molecule has 10 nitrogen and oxygen atoms in total. The molecule has 1 spiro atoms. The molecule has 142 valence electrons. The Morgan fingerprint density at radius 2 is 2.19 bits per heavy atom. The SMILES string of the molecule is CN1C(=O)[C@@H](NC(=O)c2nnn3c2CC2(CCCC2)C3)COn2nccc21. The maximum atomic E-state index is 12.8. The first kappa shape index (κ1) is 16.3. The van der Waals surface area contributed by atoms with Gasteiger partial charge in [-0.05, 0) is 24.7 Å². The quantitative estimate of drug-likeness (QED) is 0.783. The Labute approximate surface area is 155 Å². The molecule has 0 unspecified atom stereocenters. The van der Waals surface area contributed by atoms with Crippen LogP contribution in [0.3, 0.4) is 0 Å². The van der Waals surface area contributed by atoms with Gasteiger partial charge in [0.15, 0.2) is 11.5 Å². The Kier molecular flexibility index (Phi) is 3.49. The first-order chi connectivity index (χ1) is 13.1. The molecule has 1 N–H and O–H groups in total. The van der Waals surface area contributed by atoms with Gasteiger partial charge in [0.25, 0.3) is 11.8 Å². The van der Waals surface area contributed by atoms with Gasteiger partial charge in [0, 0.05) is 19.7 Å². The second-order valence-corrected chi connectivity index (χ2v) is 7.71. The molecule has 2 amide bonds. The molecule has 4 heterocycles. The van der Waals surface area contributed by atoms with Crippen LogP contribution >= 0.6 is 0 Å². The van der Waals surface area contributed by atoms with Crippen molar-refractivity contribution in [3.05, 3.63) is 23.7 Å². The van der Waals surface area contributed by atoms with Gasteiger partial charge in [-0.3, -0.25) is 14.5 Å². The van der Waals surface area contributed by atoms with Gasteiger partial charge in [0.2, 0.25) is 0 Å². The van der Waals surface area contributed by atoms with E-state index in [-0.39, 0.29) is 23.8 Å². The highest BCUT2D eigenvalue weighted by Gasteiger charge is 2.43. The zero-order chi connectivity index (χ0) is 18.6. The van der Waals surface area contributed by atoms with Crippen LogP contribution < -0.4 is 15.1 Å². The van der Waals surface area contributed by atoms with Crippen LogP contribution in [-0.4, -0.2) is 56.4 Å². The summed E-state index contributed by atoms with van der Waals surface area (Å²) in [7, 11) is 1.63. The molecule has 27 heavy (non-hydrogen) atoms. The van der Waals surface area contributed by atoms with Crippen LogP contribution in [0.4, 0.5) is 5.82 Å². The minimum atomic E-state index is -0.816. The van der Waals surface area contributed by atoms with Crippen molar-refractivity contribution < 1.29 is 14.4 Å². The second kappa shape index (κ2) is 5.80. The predicted octanol–water partition coefficient (Wildman–Crippen LogP) is -0.205. The highest BCUT2D eigenvalue weighted by Crippen LogP contribution is 2.46. The lowest BCUT2D eigenvalue weighted by molar-refractivity contribution is -0.120. The van der Waals surface area contributed by atoms with Crippen LogP contribution in [0.2, 0.25) is 0 Å². The fourth-order valence-corrected chi connectivity index (χ4v) is 4.52. The fourth-order valence-electron chi connectivity index (χ4n) is 4.52. The third kappa shape index (κ3) is 2.50. The van der Waals surface area contributed by atoms with Gasteiger partial charge in [0.05, 0.1) is 11.9 Å². The lowest BCUT2D eigenvalue weighted by Crippen LogP contribution is -2.49.